The van der Waals surface area contributed by atoms with E-state index in [0.29, 0.717) is 19.6 Å². The van der Waals surface area contributed by atoms with Crippen molar-refractivity contribution in [3.8, 4) is 0 Å². The fourth-order valence-corrected chi connectivity index (χ4v) is 5.28. The Kier molecular flexibility index (Phi) is 5.98. The number of carbonyl (C=O) groups is 2. The lowest BCUT2D eigenvalue weighted by atomic mass is 9.78. The lowest BCUT2D eigenvalue weighted by molar-refractivity contribution is -0.149. The molecule has 0 aromatic heterocycles. The first-order valence-electron chi connectivity index (χ1n) is 9.67. The summed E-state index contributed by atoms with van der Waals surface area (Å²) in [7, 11) is -0.389. The molecule has 4 atom stereocenters. The monoisotopic (exact) mass is 384 g/mol. The van der Waals surface area contributed by atoms with Gasteiger partial charge < -0.3 is 13.9 Å². The second-order valence-electron chi connectivity index (χ2n) is 10.4. The van der Waals surface area contributed by atoms with Gasteiger partial charge in [0.05, 0.1) is 25.6 Å². The van der Waals surface area contributed by atoms with Gasteiger partial charge in [0.25, 0.3) is 0 Å². The molecule has 1 aliphatic carbocycles. The highest BCUT2D eigenvalue weighted by Crippen LogP contribution is 2.50. The Morgan fingerprint density at radius 3 is 2.38 bits per heavy atom. The van der Waals surface area contributed by atoms with Crippen LogP contribution in [0, 0.1) is 29.1 Å². The van der Waals surface area contributed by atoms with Crippen molar-refractivity contribution in [1.29, 1.82) is 0 Å². The molecule has 0 aromatic rings. The van der Waals surface area contributed by atoms with Crippen LogP contribution in [0.1, 0.15) is 47.5 Å². The van der Waals surface area contributed by atoms with Crippen LogP contribution in [0.2, 0.25) is 18.1 Å². The minimum atomic E-state index is -1.82. The van der Waals surface area contributed by atoms with Crippen molar-refractivity contribution in [2.75, 3.05) is 20.3 Å². The molecule has 1 heterocycles. The van der Waals surface area contributed by atoms with E-state index in [4.69, 9.17) is 13.9 Å². The van der Waals surface area contributed by atoms with Gasteiger partial charge >= 0.3 is 11.9 Å². The number of carbonyl (C=O) groups excluding carboxylic acids is 2. The first-order chi connectivity index (χ1) is 11.8. The largest absolute Gasteiger partial charge is 0.469 e. The smallest absolute Gasteiger partial charge is 0.309 e. The minimum Gasteiger partial charge on any atom is -0.469 e. The molecule has 2 aliphatic rings. The summed E-state index contributed by atoms with van der Waals surface area (Å²) in [5.41, 5.74) is -0.0605. The zero-order valence-electron chi connectivity index (χ0n) is 17.7. The third-order valence-electron chi connectivity index (χ3n) is 6.68. The number of fused-ring (bicyclic) bond motifs is 1. The molecule has 0 radical (unpaired) electrons. The molecule has 0 unspecified atom stereocenters. The Hall–Kier alpha value is -0.883. The van der Waals surface area contributed by atoms with Crippen LogP contribution in [-0.4, -0.2) is 40.6 Å². The maximum Gasteiger partial charge on any atom is 0.309 e. The third-order valence-corrected chi connectivity index (χ3v) is 11.2. The summed E-state index contributed by atoms with van der Waals surface area (Å²) >= 11 is 0. The Morgan fingerprint density at radius 2 is 1.85 bits per heavy atom. The molecule has 0 bridgehead atoms. The Bertz CT molecular complexity index is 549. The van der Waals surface area contributed by atoms with Gasteiger partial charge in [-0.25, -0.2) is 0 Å². The molecule has 0 amide bonds. The summed E-state index contributed by atoms with van der Waals surface area (Å²) in [6, 6.07) is 0. The molecule has 1 aliphatic heterocycles. The number of methoxy groups -OCH3 is 1. The predicted molar refractivity (Wildman–Crippen MR) is 103 cm³/mol. The summed E-state index contributed by atoms with van der Waals surface area (Å²) in [4.78, 5) is 24.4. The van der Waals surface area contributed by atoms with E-state index in [-0.39, 0.29) is 46.1 Å². The van der Waals surface area contributed by atoms with Crippen molar-refractivity contribution in [3.05, 3.63) is 0 Å². The molecule has 0 spiro atoms. The standard InChI is InChI=1S/C20H36O5Si/c1-19(2,3)26(7,8)25-12-20(4,5)10-13-9-14-15(11-24-17(14)21)16(13)18(22)23-6/h13-16H,9-12H2,1-8H3/t13-,14-,15-,16+/m0/s1. The molecule has 150 valence electrons. The van der Waals surface area contributed by atoms with Crippen LogP contribution < -0.4 is 0 Å². The average Bonchev–Trinajstić information content (AvgIpc) is 3.03. The molecule has 6 heteroatoms. The number of rotatable bonds is 6. The van der Waals surface area contributed by atoms with E-state index >= 15 is 0 Å². The van der Waals surface area contributed by atoms with Crippen molar-refractivity contribution >= 4 is 20.3 Å². The Labute approximate surface area is 159 Å². The number of cyclic esters (lactones) is 1. The van der Waals surface area contributed by atoms with Crippen LogP contribution in [0.4, 0.5) is 0 Å². The quantitative estimate of drug-likeness (QED) is 0.511. The number of hydrogen-bond donors (Lipinski definition) is 0. The second-order valence-corrected chi connectivity index (χ2v) is 15.2. The summed E-state index contributed by atoms with van der Waals surface area (Å²) in [5.74, 6) is -0.645. The Morgan fingerprint density at radius 1 is 1.23 bits per heavy atom. The summed E-state index contributed by atoms with van der Waals surface area (Å²) < 4.78 is 16.7. The van der Waals surface area contributed by atoms with E-state index in [9.17, 15) is 9.59 Å². The van der Waals surface area contributed by atoms with Crippen molar-refractivity contribution in [3.63, 3.8) is 0 Å². The highest BCUT2D eigenvalue weighted by atomic mass is 28.4. The maximum absolute atomic E-state index is 12.4. The number of hydrogen-bond acceptors (Lipinski definition) is 5. The van der Waals surface area contributed by atoms with Gasteiger partial charge in [-0.3, -0.25) is 9.59 Å². The summed E-state index contributed by atoms with van der Waals surface area (Å²) in [6.07, 6.45) is 1.56. The SMILES string of the molecule is COC(=O)[C@@H]1[C@H](CC(C)(C)CO[Si](C)(C)C(C)(C)C)C[C@@H]2C(=O)OC[C@H]12. The van der Waals surface area contributed by atoms with Gasteiger partial charge in [-0.1, -0.05) is 34.6 Å². The van der Waals surface area contributed by atoms with E-state index in [0.717, 1.165) is 6.42 Å². The lowest BCUT2D eigenvalue weighted by Gasteiger charge is -2.40. The van der Waals surface area contributed by atoms with Gasteiger partial charge in [-0.15, -0.1) is 0 Å². The van der Waals surface area contributed by atoms with Crippen LogP contribution in [0.5, 0.6) is 0 Å². The molecule has 26 heavy (non-hydrogen) atoms. The van der Waals surface area contributed by atoms with Crippen molar-refractivity contribution in [1.82, 2.24) is 0 Å². The van der Waals surface area contributed by atoms with Crippen molar-refractivity contribution < 1.29 is 23.5 Å². The molecule has 0 N–H and O–H groups in total. The first-order valence-corrected chi connectivity index (χ1v) is 12.6. The maximum atomic E-state index is 12.4. The highest BCUT2D eigenvalue weighted by molar-refractivity contribution is 6.74. The Balaban J connectivity index is 2.07. The average molecular weight is 385 g/mol. The third kappa shape index (κ3) is 4.33. The van der Waals surface area contributed by atoms with Gasteiger partial charge in [0, 0.05) is 12.5 Å². The van der Waals surface area contributed by atoms with Gasteiger partial charge in [-0.2, -0.15) is 0 Å². The van der Waals surface area contributed by atoms with E-state index in [1.165, 1.54) is 7.11 Å². The van der Waals surface area contributed by atoms with Crippen LogP contribution in [0.15, 0.2) is 0 Å². The normalized spacial score (nSPS) is 29.5. The van der Waals surface area contributed by atoms with E-state index < -0.39 is 8.32 Å². The van der Waals surface area contributed by atoms with Crippen LogP contribution in [0.25, 0.3) is 0 Å². The summed E-state index contributed by atoms with van der Waals surface area (Å²) in [5, 5.41) is 0.172. The number of esters is 2. The van der Waals surface area contributed by atoms with Crippen LogP contribution in [0.3, 0.4) is 0 Å². The van der Waals surface area contributed by atoms with Crippen molar-refractivity contribution in [2.45, 2.75) is 65.6 Å². The molecule has 0 aromatic carbocycles. The molecule has 1 saturated carbocycles. The van der Waals surface area contributed by atoms with Gasteiger partial charge in [0.2, 0.25) is 0 Å². The van der Waals surface area contributed by atoms with Gasteiger partial charge in [0.15, 0.2) is 8.32 Å². The van der Waals surface area contributed by atoms with Crippen molar-refractivity contribution in [2.24, 2.45) is 29.1 Å². The molecule has 5 nitrogen and oxygen atoms in total. The topological polar surface area (TPSA) is 61.8 Å². The highest BCUT2D eigenvalue weighted by Gasteiger charge is 2.55. The lowest BCUT2D eigenvalue weighted by Crippen LogP contribution is -2.43. The molecule has 2 rings (SSSR count). The van der Waals surface area contributed by atoms with Gasteiger partial charge in [0.1, 0.15) is 0 Å². The van der Waals surface area contributed by atoms with E-state index in [1.807, 2.05) is 0 Å². The zero-order valence-corrected chi connectivity index (χ0v) is 18.7. The van der Waals surface area contributed by atoms with Crippen LogP contribution in [-0.2, 0) is 23.5 Å². The zero-order chi connectivity index (χ0) is 19.9. The molecule has 1 saturated heterocycles. The second kappa shape index (κ2) is 7.27. The minimum absolute atomic E-state index is 0.0305. The van der Waals surface area contributed by atoms with Crippen LogP contribution >= 0.6 is 0 Å². The molecular formula is C20H36O5Si. The predicted octanol–water partition coefficient (Wildman–Crippen LogP) is 4.02. The molecule has 2 fully saturated rings. The molecular weight excluding hydrogens is 348 g/mol. The van der Waals surface area contributed by atoms with Gasteiger partial charge in [-0.05, 0) is 42.3 Å². The first kappa shape index (κ1) is 21.4. The summed E-state index contributed by atoms with van der Waals surface area (Å²) in [6.45, 7) is 16.7. The number of ether oxygens (including phenoxy) is 2. The fraction of sp³-hybridized carbons (Fsp3) is 0.900. The fourth-order valence-electron chi connectivity index (χ4n) is 4.10. The van der Waals surface area contributed by atoms with E-state index in [2.05, 4.69) is 47.7 Å². The van der Waals surface area contributed by atoms with E-state index in [1.54, 1.807) is 0 Å².